The van der Waals surface area contributed by atoms with E-state index in [4.69, 9.17) is 11.6 Å². The molecule has 216 valence electrons. The van der Waals surface area contributed by atoms with Crippen molar-refractivity contribution < 1.29 is 48.7 Å². The fourth-order valence-electron chi connectivity index (χ4n) is 3.60. The molecule has 0 fully saturated rings. The minimum Gasteiger partial charge on any atom is -0.349 e. The Morgan fingerprint density at radius 3 is 2.05 bits per heavy atom. The van der Waals surface area contributed by atoms with Crippen LogP contribution in [0.1, 0.15) is 51.0 Å². The zero-order chi connectivity index (χ0) is 29.9. The highest BCUT2D eigenvalue weighted by Gasteiger charge is 2.41. The maximum Gasteiger partial charge on any atom is 0.417 e. The van der Waals surface area contributed by atoms with Crippen molar-refractivity contribution in [3.63, 3.8) is 0 Å². The molecule has 0 aliphatic carbocycles. The van der Waals surface area contributed by atoms with Gasteiger partial charge in [-0.2, -0.15) is 51.3 Å². The summed E-state index contributed by atoms with van der Waals surface area (Å²) in [6, 6.07) is 2.75. The predicted molar refractivity (Wildman–Crippen MR) is 131 cm³/mol. The van der Waals surface area contributed by atoms with E-state index in [1.165, 1.54) is 20.8 Å². The standard InChI is InChI=1S/C25H22ClF10NOS/c1-12-6-16(7-13(2)21(12)26)18(24(31,32)33)9-20(27)15-4-5-17(19(8-15)25(34,35)36)22(38)37-14(3)10-39-11-23(28,29)30/h4-9,14,18H,10-11H2,1-3H3,(H,37,38)/b20-9-. The Bertz CT molecular complexity index is 1200. The molecule has 0 spiro atoms. The molecule has 0 aliphatic rings. The zero-order valence-electron chi connectivity index (χ0n) is 20.5. The van der Waals surface area contributed by atoms with Gasteiger partial charge in [-0.05, 0) is 55.7 Å². The number of thioether (sulfide) groups is 1. The van der Waals surface area contributed by atoms with Crippen molar-refractivity contribution in [3.8, 4) is 0 Å². The van der Waals surface area contributed by atoms with Gasteiger partial charge >= 0.3 is 18.5 Å². The van der Waals surface area contributed by atoms with Crippen molar-refractivity contribution in [2.45, 2.75) is 51.3 Å². The summed E-state index contributed by atoms with van der Waals surface area (Å²) in [7, 11) is 0. The van der Waals surface area contributed by atoms with Gasteiger partial charge in [-0.15, -0.1) is 0 Å². The Morgan fingerprint density at radius 2 is 1.56 bits per heavy atom. The molecule has 1 N–H and O–H groups in total. The van der Waals surface area contributed by atoms with Gasteiger partial charge in [0.2, 0.25) is 0 Å². The fourth-order valence-corrected chi connectivity index (χ4v) is 4.50. The highest BCUT2D eigenvalue weighted by atomic mass is 35.5. The van der Waals surface area contributed by atoms with Crippen LogP contribution in [0.3, 0.4) is 0 Å². The SMILES string of the molecule is Cc1cc(C(/C=C(\F)c2ccc(C(=O)NC(C)CSCC(F)(F)F)c(C(F)(F)F)c2)C(F)(F)F)cc(C)c1Cl. The lowest BCUT2D eigenvalue weighted by atomic mass is 9.93. The number of benzene rings is 2. The molecule has 39 heavy (non-hydrogen) atoms. The first-order valence-electron chi connectivity index (χ1n) is 11.1. The van der Waals surface area contributed by atoms with E-state index in [9.17, 15) is 44.3 Å². The monoisotopic (exact) mass is 609 g/mol. The van der Waals surface area contributed by atoms with Gasteiger partial charge in [0.25, 0.3) is 5.91 Å². The summed E-state index contributed by atoms with van der Waals surface area (Å²) in [5.74, 6) is -6.91. The third-order valence-corrected chi connectivity index (χ3v) is 7.20. The number of carbonyl (C=O) groups excluding carboxylic acids is 1. The quantitative estimate of drug-likeness (QED) is 0.303. The van der Waals surface area contributed by atoms with Crippen LogP contribution < -0.4 is 5.32 Å². The molecule has 0 saturated heterocycles. The van der Waals surface area contributed by atoms with Gasteiger partial charge in [0, 0.05) is 22.4 Å². The van der Waals surface area contributed by atoms with Crippen LogP contribution in [-0.4, -0.2) is 35.8 Å². The Kier molecular flexibility index (Phi) is 10.4. The minimum absolute atomic E-state index is 0.136. The summed E-state index contributed by atoms with van der Waals surface area (Å²) >= 11 is 6.40. The van der Waals surface area contributed by atoms with E-state index >= 15 is 4.39 Å². The smallest absolute Gasteiger partial charge is 0.349 e. The summed E-state index contributed by atoms with van der Waals surface area (Å²) < 4.78 is 134. The summed E-state index contributed by atoms with van der Waals surface area (Å²) in [6.45, 7) is 4.17. The molecule has 2 aromatic carbocycles. The van der Waals surface area contributed by atoms with E-state index in [-0.39, 0.29) is 39.6 Å². The molecule has 0 radical (unpaired) electrons. The second-order valence-electron chi connectivity index (χ2n) is 8.77. The molecule has 2 unspecified atom stereocenters. The van der Waals surface area contributed by atoms with E-state index in [1.54, 1.807) is 0 Å². The first-order chi connectivity index (χ1) is 17.7. The number of hydrogen-bond donors (Lipinski definition) is 1. The number of hydrogen-bond acceptors (Lipinski definition) is 2. The number of halogens is 11. The molecule has 2 nitrogen and oxygen atoms in total. The van der Waals surface area contributed by atoms with Gasteiger partial charge in [-0.1, -0.05) is 29.8 Å². The number of alkyl halides is 9. The Hall–Kier alpha value is -2.41. The maximum absolute atomic E-state index is 15.0. The second kappa shape index (κ2) is 12.4. The van der Waals surface area contributed by atoms with Crippen molar-refractivity contribution in [2.24, 2.45) is 0 Å². The number of carbonyl (C=O) groups is 1. The van der Waals surface area contributed by atoms with Crippen molar-refractivity contribution >= 4 is 35.1 Å². The Morgan fingerprint density at radius 1 is 1.00 bits per heavy atom. The van der Waals surface area contributed by atoms with Gasteiger partial charge in [-0.25, -0.2) is 4.39 Å². The van der Waals surface area contributed by atoms with Gasteiger partial charge in [0.15, 0.2) is 0 Å². The number of aryl methyl sites for hydroxylation is 2. The molecule has 2 aromatic rings. The maximum atomic E-state index is 15.0. The third-order valence-electron chi connectivity index (χ3n) is 5.34. The molecule has 2 rings (SSSR count). The molecule has 0 aliphatic heterocycles. The van der Waals surface area contributed by atoms with Crippen LogP contribution in [0.2, 0.25) is 5.02 Å². The normalized spacial score (nSPS) is 14.8. The van der Waals surface area contributed by atoms with Crippen molar-refractivity contribution in [3.05, 3.63) is 74.8 Å². The zero-order valence-corrected chi connectivity index (χ0v) is 22.1. The number of amides is 1. The Labute approximate surface area is 226 Å². The lowest BCUT2D eigenvalue weighted by molar-refractivity contribution is -0.140. The van der Waals surface area contributed by atoms with E-state index in [0.29, 0.717) is 23.9 Å². The van der Waals surface area contributed by atoms with Crippen molar-refractivity contribution in [1.82, 2.24) is 5.32 Å². The van der Waals surface area contributed by atoms with E-state index in [1.807, 2.05) is 0 Å². The average molecular weight is 610 g/mol. The third kappa shape index (κ3) is 9.33. The molecule has 0 bridgehead atoms. The van der Waals surface area contributed by atoms with Gasteiger partial charge in [-0.3, -0.25) is 4.79 Å². The first-order valence-corrected chi connectivity index (χ1v) is 12.6. The molecule has 0 heterocycles. The minimum atomic E-state index is -5.20. The largest absolute Gasteiger partial charge is 0.417 e. The van der Waals surface area contributed by atoms with Crippen LogP contribution in [0.15, 0.2) is 36.4 Å². The topological polar surface area (TPSA) is 29.1 Å². The molecular weight excluding hydrogens is 588 g/mol. The van der Waals surface area contributed by atoms with Crippen LogP contribution in [0.25, 0.3) is 5.83 Å². The predicted octanol–water partition coefficient (Wildman–Crippen LogP) is 9.05. The molecular formula is C25H22ClF10NOS. The summed E-state index contributed by atoms with van der Waals surface area (Å²) in [5.41, 5.74) is -3.25. The molecule has 2 atom stereocenters. The van der Waals surface area contributed by atoms with Crippen molar-refractivity contribution in [1.29, 1.82) is 0 Å². The second-order valence-corrected chi connectivity index (χ2v) is 10.2. The molecule has 14 heteroatoms. The van der Waals surface area contributed by atoms with Crippen molar-refractivity contribution in [2.75, 3.05) is 11.5 Å². The number of allylic oxidation sites excluding steroid dienone is 1. The fraction of sp³-hybridized carbons (Fsp3) is 0.400. The lowest BCUT2D eigenvalue weighted by Crippen LogP contribution is -2.35. The molecule has 0 aromatic heterocycles. The van der Waals surface area contributed by atoms with E-state index in [2.05, 4.69) is 5.32 Å². The Balaban J connectivity index is 2.42. The van der Waals surface area contributed by atoms with Crippen LogP contribution in [-0.2, 0) is 6.18 Å². The van der Waals surface area contributed by atoms with Crippen LogP contribution in [0.5, 0.6) is 0 Å². The molecule has 0 saturated carbocycles. The van der Waals surface area contributed by atoms with E-state index in [0.717, 1.165) is 12.1 Å². The number of rotatable bonds is 8. The van der Waals surface area contributed by atoms with Crippen LogP contribution >= 0.6 is 23.4 Å². The van der Waals surface area contributed by atoms with Gasteiger partial charge < -0.3 is 5.32 Å². The highest BCUT2D eigenvalue weighted by molar-refractivity contribution is 7.99. The summed E-state index contributed by atoms with van der Waals surface area (Å²) in [5, 5.41) is 2.35. The number of nitrogens with one attached hydrogen (secondary N) is 1. The summed E-state index contributed by atoms with van der Waals surface area (Å²) in [6.07, 6.45) is -14.5. The average Bonchev–Trinajstić information content (AvgIpc) is 2.77. The van der Waals surface area contributed by atoms with Crippen LogP contribution in [0, 0.1) is 13.8 Å². The van der Waals surface area contributed by atoms with Gasteiger partial charge in [0.1, 0.15) is 11.7 Å². The van der Waals surface area contributed by atoms with Crippen LogP contribution in [0.4, 0.5) is 43.9 Å². The lowest BCUT2D eigenvalue weighted by Gasteiger charge is -2.20. The highest BCUT2D eigenvalue weighted by Crippen LogP contribution is 2.41. The molecule has 1 amide bonds. The summed E-state index contributed by atoms with van der Waals surface area (Å²) in [4.78, 5) is 12.4. The van der Waals surface area contributed by atoms with Gasteiger partial charge in [0.05, 0.1) is 16.9 Å². The van der Waals surface area contributed by atoms with E-state index < -0.39 is 64.7 Å². The first kappa shape index (κ1) is 32.8.